The van der Waals surface area contributed by atoms with Gasteiger partial charge in [-0.1, -0.05) is 17.7 Å². The number of halogens is 3. The van der Waals surface area contributed by atoms with Gasteiger partial charge in [0.1, 0.15) is 12.0 Å². The number of ketones is 1. The number of carbonyl (C=O) groups is 1. The molecule has 0 spiro atoms. The Hall–Kier alpha value is -3.09. The molecule has 4 nitrogen and oxygen atoms in total. The third-order valence-electron chi connectivity index (χ3n) is 4.09. The van der Waals surface area contributed by atoms with Gasteiger partial charge < -0.3 is 10.3 Å². The molecule has 0 bridgehead atoms. The Kier molecular flexibility index (Phi) is 4.31. The average molecular weight is 359 g/mol. The lowest BCUT2D eigenvalue weighted by Gasteiger charge is -2.12. The summed E-state index contributed by atoms with van der Waals surface area (Å²) in [6.07, 6.45) is -1.74. The third-order valence-corrected chi connectivity index (χ3v) is 4.09. The summed E-state index contributed by atoms with van der Waals surface area (Å²) in [7, 11) is 0. The Bertz CT molecular complexity index is 990. The molecule has 2 aromatic carbocycles. The van der Waals surface area contributed by atoms with Crippen molar-refractivity contribution in [2.45, 2.75) is 20.0 Å². The summed E-state index contributed by atoms with van der Waals surface area (Å²) in [6, 6.07) is 9.04. The number of nitrogen functional groups attached to an aromatic ring is 1. The predicted molar refractivity (Wildman–Crippen MR) is 92.3 cm³/mol. The van der Waals surface area contributed by atoms with Crippen LogP contribution in [0.3, 0.4) is 0 Å². The summed E-state index contributed by atoms with van der Waals surface area (Å²) in [5, 5.41) is 0. The molecule has 134 valence electrons. The molecule has 0 saturated heterocycles. The predicted octanol–water partition coefficient (Wildman–Crippen LogP) is 4.32. The van der Waals surface area contributed by atoms with Crippen molar-refractivity contribution in [2.24, 2.45) is 0 Å². The van der Waals surface area contributed by atoms with Gasteiger partial charge in [-0.05, 0) is 43.7 Å². The van der Waals surface area contributed by atoms with Gasteiger partial charge in [-0.3, -0.25) is 4.79 Å². The second-order valence-electron chi connectivity index (χ2n) is 6.08. The van der Waals surface area contributed by atoms with Crippen LogP contribution in [0.4, 0.5) is 18.9 Å². The van der Waals surface area contributed by atoms with E-state index in [4.69, 9.17) is 5.73 Å². The van der Waals surface area contributed by atoms with Gasteiger partial charge in [0.2, 0.25) is 5.78 Å². The molecular formula is C19H16F3N3O. The topological polar surface area (TPSA) is 60.9 Å². The fourth-order valence-corrected chi connectivity index (χ4v) is 2.66. The van der Waals surface area contributed by atoms with Crippen molar-refractivity contribution in [2.75, 3.05) is 5.73 Å². The van der Waals surface area contributed by atoms with Crippen LogP contribution in [0.5, 0.6) is 0 Å². The largest absolute Gasteiger partial charge is 0.416 e. The first-order chi connectivity index (χ1) is 12.2. The zero-order chi connectivity index (χ0) is 19.1. The molecule has 0 unspecified atom stereocenters. The van der Waals surface area contributed by atoms with E-state index in [-0.39, 0.29) is 22.7 Å². The fourth-order valence-electron chi connectivity index (χ4n) is 2.66. The number of aromatic nitrogens is 2. The van der Waals surface area contributed by atoms with Crippen LogP contribution in [-0.2, 0) is 6.18 Å². The van der Waals surface area contributed by atoms with Gasteiger partial charge >= 0.3 is 6.18 Å². The number of rotatable bonds is 3. The van der Waals surface area contributed by atoms with E-state index in [2.05, 4.69) is 4.98 Å². The number of carbonyl (C=O) groups excluding carboxylic acids is 1. The van der Waals surface area contributed by atoms with Gasteiger partial charge in [-0.2, -0.15) is 13.2 Å². The first kappa shape index (κ1) is 17.7. The smallest absolute Gasteiger partial charge is 0.398 e. The minimum absolute atomic E-state index is 0.108. The van der Waals surface area contributed by atoms with Crippen LogP contribution in [0, 0.1) is 13.8 Å². The Morgan fingerprint density at radius 1 is 1.12 bits per heavy atom. The molecule has 0 radical (unpaired) electrons. The van der Waals surface area contributed by atoms with Crippen LogP contribution in [0.15, 0.2) is 48.9 Å². The molecular weight excluding hydrogens is 343 g/mol. The number of nitrogens with two attached hydrogens (primary N) is 1. The van der Waals surface area contributed by atoms with E-state index in [0.29, 0.717) is 11.3 Å². The van der Waals surface area contributed by atoms with Crippen LogP contribution in [-0.4, -0.2) is 15.3 Å². The highest BCUT2D eigenvalue weighted by Crippen LogP contribution is 2.33. The van der Waals surface area contributed by atoms with Crippen molar-refractivity contribution < 1.29 is 18.0 Å². The maximum atomic E-state index is 13.1. The Morgan fingerprint density at radius 2 is 1.85 bits per heavy atom. The number of aryl methyl sites for hydroxylation is 2. The summed E-state index contributed by atoms with van der Waals surface area (Å²) >= 11 is 0. The number of benzene rings is 2. The summed E-state index contributed by atoms with van der Waals surface area (Å²) in [5.74, 6) is -0.381. The molecule has 0 aliphatic heterocycles. The number of hydrogen-bond donors (Lipinski definition) is 1. The molecule has 26 heavy (non-hydrogen) atoms. The SMILES string of the molecule is Cc1ccc(N)c(C(=O)c2cn(-c3ccc(C)c(C(F)(F)F)c3)cn2)c1. The first-order valence-corrected chi connectivity index (χ1v) is 7.80. The zero-order valence-electron chi connectivity index (χ0n) is 14.1. The second-order valence-corrected chi connectivity index (χ2v) is 6.08. The van der Waals surface area contributed by atoms with E-state index in [1.54, 1.807) is 24.3 Å². The van der Waals surface area contributed by atoms with Crippen LogP contribution in [0.1, 0.15) is 32.7 Å². The van der Waals surface area contributed by atoms with E-state index in [1.807, 2.05) is 6.92 Å². The number of hydrogen-bond acceptors (Lipinski definition) is 3. The lowest BCUT2D eigenvalue weighted by atomic mass is 10.0. The lowest BCUT2D eigenvalue weighted by Crippen LogP contribution is -2.08. The third kappa shape index (κ3) is 3.33. The van der Waals surface area contributed by atoms with Crippen molar-refractivity contribution in [1.82, 2.24) is 9.55 Å². The van der Waals surface area contributed by atoms with Gasteiger partial charge in [0.25, 0.3) is 0 Å². The summed E-state index contributed by atoms with van der Waals surface area (Å²) in [4.78, 5) is 16.6. The second kappa shape index (κ2) is 6.33. The molecule has 3 aromatic rings. The van der Waals surface area contributed by atoms with Gasteiger partial charge in [-0.25, -0.2) is 4.98 Å². The maximum Gasteiger partial charge on any atom is 0.416 e. The molecule has 0 atom stereocenters. The highest BCUT2D eigenvalue weighted by molar-refractivity contribution is 6.11. The maximum absolute atomic E-state index is 13.1. The first-order valence-electron chi connectivity index (χ1n) is 7.80. The molecule has 7 heteroatoms. The van der Waals surface area contributed by atoms with Gasteiger partial charge in [0.15, 0.2) is 0 Å². The Morgan fingerprint density at radius 3 is 2.54 bits per heavy atom. The number of nitrogens with zero attached hydrogens (tertiary/aromatic N) is 2. The molecule has 0 aliphatic carbocycles. The Labute approximate surface area is 148 Å². The van der Waals surface area contributed by atoms with Crippen LogP contribution < -0.4 is 5.73 Å². The average Bonchev–Trinajstić information content (AvgIpc) is 3.06. The highest BCUT2D eigenvalue weighted by atomic mass is 19.4. The van der Waals surface area contributed by atoms with Crippen LogP contribution >= 0.6 is 0 Å². The lowest BCUT2D eigenvalue weighted by molar-refractivity contribution is -0.138. The molecule has 0 aliphatic rings. The minimum Gasteiger partial charge on any atom is -0.398 e. The quantitative estimate of drug-likeness (QED) is 0.560. The minimum atomic E-state index is -4.45. The molecule has 1 heterocycles. The molecule has 0 amide bonds. The number of imidazole rings is 1. The molecule has 2 N–H and O–H groups in total. The van der Waals surface area contributed by atoms with E-state index < -0.39 is 11.7 Å². The van der Waals surface area contributed by atoms with Crippen molar-refractivity contribution in [1.29, 1.82) is 0 Å². The van der Waals surface area contributed by atoms with E-state index in [9.17, 15) is 18.0 Å². The molecule has 0 saturated carbocycles. The van der Waals surface area contributed by atoms with Crippen LogP contribution in [0.2, 0.25) is 0 Å². The van der Waals surface area contributed by atoms with E-state index in [0.717, 1.165) is 11.6 Å². The molecule has 1 aromatic heterocycles. The molecule has 0 fully saturated rings. The Balaban J connectivity index is 1.98. The normalized spacial score (nSPS) is 11.6. The fraction of sp³-hybridized carbons (Fsp3) is 0.158. The highest BCUT2D eigenvalue weighted by Gasteiger charge is 2.32. The monoisotopic (exact) mass is 359 g/mol. The van der Waals surface area contributed by atoms with Crippen molar-refractivity contribution in [3.05, 3.63) is 76.9 Å². The van der Waals surface area contributed by atoms with Gasteiger partial charge in [-0.15, -0.1) is 0 Å². The summed E-state index contributed by atoms with van der Waals surface area (Å²) in [6.45, 7) is 3.23. The van der Waals surface area contributed by atoms with Gasteiger partial charge in [0.05, 0.1) is 5.56 Å². The number of anilines is 1. The van der Waals surface area contributed by atoms with E-state index >= 15 is 0 Å². The standard InChI is InChI=1S/C19H16F3N3O/c1-11-3-6-16(23)14(7-11)18(26)17-9-25(10-24-17)13-5-4-12(2)15(8-13)19(20,21)22/h3-10H,23H2,1-2H3. The van der Waals surface area contributed by atoms with Gasteiger partial charge in [0, 0.05) is 23.1 Å². The van der Waals surface area contributed by atoms with Crippen molar-refractivity contribution in [3.8, 4) is 5.69 Å². The molecule has 3 rings (SSSR count). The number of alkyl halides is 3. The van der Waals surface area contributed by atoms with Crippen LogP contribution in [0.25, 0.3) is 5.69 Å². The van der Waals surface area contributed by atoms with E-state index in [1.165, 1.54) is 30.1 Å². The summed E-state index contributed by atoms with van der Waals surface area (Å²) in [5.41, 5.74) is 7.14. The summed E-state index contributed by atoms with van der Waals surface area (Å²) < 4.78 is 40.6. The van der Waals surface area contributed by atoms with Crippen molar-refractivity contribution in [3.63, 3.8) is 0 Å². The van der Waals surface area contributed by atoms with Crippen molar-refractivity contribution >= 4 is 11.5 Å². The zero-order valence-corrected chi connectivity index (χ0v) is 14.1.